The van der Waals surface area contributed by atoms with Gasteiger partial charge in [-0.2, -0.15) is 0 Å². The van der Waals surface area contributed by atoms with Gasteiger partial charge in [-0.25, -0.2) is 4.67 Å². The van der Waals surface area contributed by atoms with E-state index in [9.17, 15) is 4.57 Å². The predicted octanol–water partition coefficient (Wildman–Crippen LogP) is 4.38. The van der Waals surface area contributed by atoms with Crippen molar-refractivity contribution in [2.75, 3.05) is 13.1 Å². The molecule has 1 aliphatic heterocycles. The van der Waals surface area contributed by atoms with Gasteiger partial charge in [-0.1, -0.05) is 53.6 Å². The van der Waals surface area contributed by atoms with Gasteiger partial charge in [0.1, 0.15) is 4.77 Å². The van der Waals surface area contributed by atoms with Gasteiger partial charge in [0.25, 0.3) is 0 Å². The monoisotopic (exact) mass is 313 g/mol. The summed E-state index contributed by atoms with van der Waals surface area (Å²) in [5.41, 5.74) is 0.746. The van der Waals surface area contributed by atoms with E-state index in [0.29, 0.717) is 23.4 Å². The van der Waals surface area contributed by atoms with Gasteiger partial charge in [-0.3, -0.25) is 4.57 Å². The Bertz CT molecular complexity index is 599. The van der Waals surface area contributed by atoms with Crippen LogP contribution in [0.15, 0.2) is 54.3 Å². The molecule has 0 radical (unpaired) electrons. The maximum absolute atomic E-state index is 13.4. The Hall–Kier alpha value is -0.790. The molecule has 1 unspecified atom stereocenters. The molecule has 0 fully saturated rings. The molecule has 0 saturated carbocycles. The molecule has 0 spiro atoms. The molecule has 100 valence electrons. The Morgan fingerprint density at radius 1 is 1.16 bits per heavy atom. The maximum atomic E-state index is 13.4. The number of rotatable bonds is 5. The van der Waals surface area contributed by atoms with Gasteiger partial charge in [0, 0.05) is 24.0 Å². The standard InChI is InChI=1S/C14H14Cl2NOP/c1-3-9-17(10-4-2)19(18)12-8-6-5-7-11(12)13(15)14(19)16/h3-8H,1-2,9-10H2. The fourth-order valence-corrected chi connectivity index (χ4v) is 6.07. The van der Waals surface area contributed by atoms with Gasteiger partial charge in [0.2, 0.25) is 7.29 Å². The van der Waals surface area contributed by atoms with Crippen LogP contribution in [0.2, 0.25) is 0 Å². The van der Waals surface area contributed by atoms with Crippen LogP contribution in [0, 0.1) is 0 Å². The first-order valence-corrected chi connectivity index (χ1v) is 8.22. The summed E-state index contributed by atoms with van der Waals surface area (Å²) < 4.78 is 15.4. The minimum Gasteiger partial charge on any atom is -0.295 e. The second-order valence-electron chi connectivity index (χ2n) is 4.15. The summed E-state index contributed by atoms with van der Waals surface area (Å²) in [5, 5.41) is 1.06. The van der Waals surface area contributed by atoms with E-state index < -0.39 is 7.29 Å². The molecule has 2 nitrogen and oxygen atoms in total. The molecule has 2 rings (SSSR count). The molecule has 19 heavy (non-hydrogen) atoms. The average molecular weight is 314 g/mol. The van der Waals surface area contributed by atoms with E-state index in [4.69, 9.17) is 23.2 Å². The first kappa shape index (κ1) is 14.6. The molecule has 1 aromatic carbocycles. The largest absolute Gasteiger partial charge is 0.295 e. The zero-order chi connectivity index (χ0) is 14.0. The van der Waals surface area contributed by atoms with Gasteiger partial charge < -0.3 is 0 Å². The van der Waals surface area contributed by atoms with Gasteiger partial charge in [-0.15, -0.1) is 13.2 Å². The minimum atomic E-state index is -3.05. The zero-order valence-electron chi connectivity index (χ0n) is 10.4. The molecule has 0 saturated heterocycles. The normalized spacial score (nSPS) is 21.6. The van der Waals surface area contributed by atoms with Crippen LogP contribution in [-0.4, -0.2) is 17.8 Å². The van der Waals surface area contributed by atoms with Crippen LogP contribution in [0.1, 0.15) is 5.56 Å². The lowest BCUT2D eigenvalue weighted by Gasteiger charge is -2.27. The summed E-state index contributed by atoms with van der Waals surface area (Å²) in [7, 11) is -3.05. The second kappa shape index (κ2) is 5.68. The predicted molar refractivity (Wildman–Crippen MR) is 84.3 cm³/mol. The van der Waals surface area contributed by atoms with E-state index in [-0.39, 0.29) is 4.77 Å². The van der Waals surface area contributed by atoms with Crippen molar-refractivity contribution in [2.24, 2.45) is 0 Å². The second-order valence-corrected chi connectivity index (χ2v) is 7.81. The van der Waals surface area contributed by atoms with Crippen molar-refractivity contribution in [1.82, 2.24) is 4.67 Å². The molecule has 1 atom stereocenters. The number of hydrogen-bond donors (Lipinski definition) is 0. The molecule has 5 heteroatoms. The summed E-state index contributed by atoms with van der Waals surface area (Å²) >= 11 is 12.5. The number of benzene rings is 1. The summed E-state index contributed by atoms with van der Waals surface area (Å²) in [6.07, 6.45) is 3.39. The lowest BCUT2D eigenvalue weighted by atomic mass is 10.2. The van der Waals surface area contributed by atoms with Gasteiger partial charge >= 0.3 is 0 Å². The van der Waals surface area contributed by atoms with Crippen LogP contribution in [0.3, 0.4) is 0 Å². The van der Waals surface area contributed by atoms with Crippen LogP contribution in [0.4, 0.5) is 0 Å². The maximum Gasteiger partial charge on any atom is 0.220 e. The van der Waals surface area contributed by atoms with E-state index >= 15 is 0 Å². The van der Waals surface area contributed by atoms with Crippen molar-refractivity contribution in [3.8, 4) is 0 Å². The topological polar surface area (TPSA) is 20.3 Å². The minimum absolute atomic E-state index is 0.221. The van der Waals surface area contributed by atoms with E-state index in [1.165, 1.54) is 0 Å². The zero-order valence-corrected chi connectivity index (χ0v) is 12.8. The van der Waals surface area contributed by atoms with E-state index in [1.807, 2.05) is 24.3 Å². The number of hydrogen-bond acceptors (Lipinski definition) is 1. The SMILES string of the molecule is C=CCN(CC=C)P1(=O)C(Cl)=C(Cl)c2ccccc21. The molecule has 0 bridgehead atoms. The highest BCUT2D eigenvalue weighted by atomic mass is 35.5. The molecule has 1 heterocycles. The number of nitrogens with zero attached hydrogens (tertiary/aromatic N) is 1. The Labute approximate surface area is 123 Å². The van der Waals surface area contributed by atoms with Crippen LogP contribution in [-0.2, 0) is 4.57 Å². The van der Waals surface area contributed by atoms with Crippen molar-refractivity contribution in [2.45, 2.75) is 0 Å². The summed E-state index contributed by atoms with van der Waals surface area (Å²) in [6.45, 7) is 8.30. The quantitative estimate of drug-likeness (QED) is 0.594. The molecule has 1 aromatic rings. The first-order chi connectivity index (χ1) is 9.07. The lowest BCUT2D eigenvalue weighted by molar-refractivity contribution is 0.488. The smallest absolute Gasteiger partial charge is 0.220 e. The highest BCUT2D eigenvalue weighted by Crippen LogP contribution is 2.65. The molecule has 0 aromatic heterocycles. The van der Waals surface area contributed by atoms with Crippen LogP contribution < -0.4 is 5.30 Å². The summed E-state index contributed by atoms with van der Waals surface area (Å²) in [6, 6.07) is 7.34. The van der Waals surface area contributed by atoms with Crippen LogP contribution >= 0.6 is 30.5 Å². The Kier molecular flexibility index (Phi) is 4.37. The summed E-state index contributed by atoms with van der Waals surface area (Å²) in [5.74, 6) is 0. The lowest BCUT2D eigenvalue weighted by Crippen LogP contribution is -2.25. The number of halogens is 2. The first-order valence-electron chi connectivity index (χ1n) is 5.80. The van der Waals surface area contributed by atoms with E-state index in [1.54, 1.807) is 16.8 Å². The highest BCUT2D eigenvalue weighted by Gasteiger charge is 2.43. The van der Waals surface area contributed by atoms with Crippen molar-refractivity contribution in [3.63, 3.8) is 0 Å². The number of fused-ring (bicyclic) bond motifs is 1. The Morgan fingerprint density at radius 2 is 1.74 bits per heavy atom. The molecular formula is C14H14Cl2NOP. The molecule has 1 aliphatic rings. The molecule has 0 N–H and O–H groups in total. The van der Waals surface area contributed by atoms with Crippen molar-refractivity contribution < 1.29 is 4.57 Å². The van der Waals surface area contributed by atoms with Crippen molar-refractivity contribution >= 4 is 40.8 Å². The van der Waals surface area contributed by atoms with Crippen molar-refractivity contribution in [3.05, 3.63) is 59.9 Å². The van der Waals surface area contributed by atoms with Crippen LogP contribution in [0.5, 0.6) is 0 Å². The van der Waals surface area contributed by atoms with Gasteiger partial charge in [0.15, 0.2) is 0 Å². The fourth-order valence-electron chi connectivity index (χ4n) is 2.15. The third-order valence-electron chi connectivity index (χ3n) is 2.99. The third kappa shape index (κ3) is 2.23. The Balaban J connectivity index is 2.62. The van der Waals surface area contributed by atoms with E-state index in [2.05, 4.69) is 13.2 Å². The summed E-state index contributed by atoms with van der Waals surface area (Å²) in [4.78, 5) is 0. The van der Waals surface area contributed by atoms with Crippen LogP contribution in [0.25, 0.3) is 5.03 Å². The molecule has 0 aliphatic carbocycles. The Morgan fingerprint density at radius 3 is 2.32 bits per heavy atom. The van der Waals surface area contributed by atoms with Gasteiger partial charge in [0.05, 0.1) is 5.03 Å². The van der Waals surface area contributed by atoms with Crippen molar-refractivity contribution in [1.29, 1.82) is 0 Å². The fraction of sp³-hybridized carbons (Fsp3) is 0.143. The molecule has 0 amide bonds. The van der Waals surface area contributed by atoms with E-state index in [0.717, 1.165) is 5.56 Å². The average Bonchev–Trinajstić information content (AvgIpc) is 2.62. The molecular weight excluding hydrogens is 300 g/mol. The highest BCUT2D eigenvalue weighted by molar-refractivity contribution is 7.76. The third-order valence-corrected chi connectivity index (χ3v) is 7.41. The van der Waals surface area contributed by atoms with Gasteiger partial charge in [-0.05, 0) is 6.07 Å².